The number of thiophene rings is 1. The van der Waals surface area contributed by atoms with Crippen molar-refractivity contribution in [3.05, 3.63) is 46.1 Å². The summed E-state index contributed by atoms with van der Waals surface area (Å²) < 4.78 is 10.7. The molecular formula is C22H22ClN3O4S2. The Kier molecular flexibility index (Phi) is 7.49. The van der Waals surface area contributed by atoms with E-state index in [1.165, 1.54) is 49.5 Å². The van der Waals surface area contributed by atoms with E-state index in [1.54, 1.807) is 11.4 Å². The molecule has 0 radical (unpaired) electrons. The van der Waals surface area contributed by atoms with Gasteiger partial charge in [-0.25, -0.2) is 4.79 Å². The zero-order valence-corrected chi connectivity index (χ0v) is 19.8. The zero-order chi connectivity index (χ0) is 22.5. The maximum Gasteiger partial charge on any atom is 0.341 e. The Morgan fingerprint density at radius 1 is 1.22 bits per heavy atom. The summed E-state index contributed by atoms with van der Waals surface area (Å²) in [7, 11) is 1.30. The quantitative estimate of drug-likeness (QED) is 0.319. The normalized spacial score (nSPS) is 14.3. The Morgan fingerprint density at radius 3 is 2.75 bits per heavy atom. The molecule has 0 atom stereocenters. The van der Waals surface area contributed by atoms with Crippen molar-refractivity contribution in [3.63, 3.8) is 0 Å². The number of rotatable bonds is 7. The third-order valence-corrected chi connectivity index (χ3v) is 7.34. The molecule has 2 heterocycles. The van der Waals surface area contributed by atoms with Crippen molar-refractivity contribution in [2.24, 2.45) is 0 Å². The number of benzene rings is 1. The number of hydrogen-bond donors (Lipinski definition) is 1. The lowest BCUT2D eigenvalue weighted by Crippen LogP contribution is -2.16. The van der Waals surface area contributed by atoms with E-state index < -0.39 is 5.97 Å². The number of nitrogens with one attached hydrogen (secondary N) is 1. The third-order valence-electron chi connectivity index (χ3n) is 5.30. The molecule has 10 heteroatoms. The van der Waals surface area contributed by atoms with Crippen LogP contribution in [0.15, 0.2) is 39.3 Å². The van der Waals surface area contributed by atoms with Crippen LogP contribution in [0.3, 0.4) is 0 Å². The minimum absolute atomic E-state index is 0.0756. The highest BCUT2D eigenvalue weighted by Crippen LogP contribution is 2.39. The van der Waals surface area contributed by atoms with Crippen molar-refractivity contribution in [1.82, 2.24) is 10.2 Å². The van der Waals surface area contributed by atoms with E-state index >= 15 is 0 Å². The number of aromatic nitrogens is 2. The van der Waals surface area contributed by atoms with Gasteiger partial charge in [-0.15, -0.1) is 21.5 Å². The summed E-state index contributed by atoms with van der Waals surface area (Å²) in [6, 6.07) is 7.21. The Hall–Kier alpha value is -2.36. The van der Waals surface area contributed by atoms with Crippen molar-refractivity contribution < 1.29 is 18.7 Å². The predicted octanol–water partition coefficient (Wildman–Crippen LogP) is 6.02. The number of halogens is 1. The van der Waals surface area contributed by atoms with E-state index in [-0.39, 0.29) is 17.2 Å². The summed E-state index contributed by atoms with van der Waals surface area (Å²) in [6.07, 6.45) is 5.74. The largest absolute Gasteiger partial charge is 0.465 e. The molecule has 0 spiro atoms. The zero-order valence-electron chi connectivity index (χ0n) is 17.4. The lowest BCUT2D eigenvalue weighted by atomic mass is 9.89. The maximum atomic E-state index is 12.6. The highest BCUT2D eigenvalue weighted by atomic mass is 35.5. The Balaban J connectivity index is 1.44. The van der Waals surface area contributed by atoms with Crippen LogP contribution < -0.4 is 5.32 Å². The first kappa shape index (κ1) is 22.8. The average molecular weight is 492 g/mol. The van der Waals surface area contributed by atoms with Crippen molar-refractivity contribution in [3.8, 4) is 11.1 Å². The fourth-order valence-electron chi connectivity index (χ4n) is 3.72. The fourth-order valence-corrected chi connectivity index (χ4v) is 5.49. The van der Waals surface area contributed by atoms with Crippen LogP contribution in [0.5, 0.6) is 0 Å². The Bertz CT molecular complexity index is 1110. The van der Waals surface area contributed by atoms with Gasteiger partial charge in [0.15, 0.2) is 0 Å². The van der Waals surface area contributed by atoms with Crippen LogP contribution in [-0.2, 0) is 9.53 Å². The molecule has 3 aromatic rings. The summed E-state index contributed by atoms with van der Waals surface area (Å²) in [6.45, 7) is 0. The van der Waals surface area contributed by atoms with E-state index in [4.69, 9.17) is 20.8 Å². The predicted molar refractivity (Wildman–Crippen MR) is 126 cm³/mol. The van der Waals surface area contributed by atoms with Crippen molar-refractivity contribution in [2.45, 2.75) is 43.2 Å². The number of carbonyl (C=O) groups excluding carboxylic acids is 2. The number of hydrogen-bond acceptors (Lipinski definition) is 8. The molecule has 1 amide bonds. The number of methoxy groups -OCH3 is 1. The van der Waals surface area contributed by atoms with Gasteiger partial charge in [0, 0.05) is 27.4 Å². The van der Waals surface area contributed by atoms with Gasteiger partial charge in [-0.2, -0.15) is 0 Å². The third kappa shape index (κ3) is 5.16. The second-order valence-corrected chi connectivity index (χ2v) is 9.62. The van der Waals surface area contributed by atoms with Crippen LogP contribution in [0.4, 0.5) is 5.00 Å². The van der Waals surface area contributed by atoms with Gasteiger partial charge in [-0.05, 0) is 18.9 Å². The highest BCUT2D eigenvalue weighted by molar-refractivity contribution is 7.99. The van der Waals surface area contributed by atoms with Gasteiger partial charge >= 0.3 is 5.97 Å². The molecule has 1 N–H and O–H groups in total. The molecule has 1 fully saturated rings. The summed E-state index contributed by atoms with van der Waals surface area (Å²) in [5.41, 5.74) is 1.59. The molecule has 0 aliphatic heterocycles. The molecule has 1 aliphatic carbocycles. The first-order valence-electron chi connectivity index (χ1n) is 10.3. The van der Waals surface area contributed by atoms with Crippen molar-refractivity contribution in [2.75, 3.05) is 18.2 Å². The van der Waals surface area contributed by atoms with E-state index in [2.05, 4.69) is 15.5 Å². The van der Waals surface area contributed by atoms with Crippen molar-refractivity contribution >= 4 is 51.6 Å². The van der Waals surface area contributed by atoms with Gasteiger partial charge in [0.25, 0.3) is 5.22 Å². The van der Waals surface area contributed by atoms with E-state index in [0.717, 1.165) is 12.8 Å². The molecule has 2 aromatic heterocycles. The van der Waals surface area contributed by atoms with Crippen molar-refractivity contribution in [1.29, 1.82) is 0 Å². The van der Waals surface area contributed by atoms with Crippen LogP contribution in [-0.4, -0.2) is 34.9 Å². The molecule has 1 saturated carbocycles. The summed E-state index contributed by atoms with van der Waals surface area (Å²) in [5, 5.41) is 14.1. The van der Waals surface area contributed by atoms with Crippen LogP contribution in [0.2, 0.25) is 5.02 Å². The van der Waals surface area contributed by atoms with E-state index in [1.807, 2.05) is 18.2 Å². The lowest BCUT2D eigenvalue weighted by Gasteiger charge is -2.17. The number of nitrogens with zero attached hydrogens (tertiary/aromatic N) is 2. The first-order chi connectivity index (χ1) is 15.6. The number of ether oxygens (including phenoxy) is 1. The van der Waals surface area contributed by atoms with Crippen LogP contribution in [0.1, 0.15) is 54.3 Å². The van der Waals surface area contributed by atoms with Gasteiger partial charge < -0.3 is 14.5 Å². The molecule has 0 unspecified atom stereocenters. The van der Waals surface area contributed by atoms with Gasteiger partial charge in [-0.1, -0.05) is 60.8 Å². The number of esters is 1. The average Bonchev–Trinajstić information content (AvgIpc) is 3.45. The summed E-state index contributed by atoms with van der Waals surface area (Å²) in [4.78, 5) is 25.0. The molecule has 168 valence electrons. The van der Waals surface area contributed by atoms with Gasteiger partial charge in [0.1, 0.15) is 10.6 Å². The molecule has 7 nitrogen and oxygen atoms in total. The van der Waals surface area contributed by atoms with Gasteiger partial charge in [0.05, 0.1) is 12.9 Å². The molecular weight excluding hydrogens is 470 g/mol. The van der Waals surface area contributed by atoms with Crippen LogP contribution in [0.25, 0.3) is 11.1 Å². The smallest absolute Gasteiger partial charge is 0.341 e. The topological polar surface area (TPSA) is 94.3 Å². The molecule has 32 heavy (non-hydrogen) atoms. The van der Waals surface area contributed by atoms with E-state index in [9.17, 15) is 9.59 Å². The first-order valence-corrected chi connectivity index (χ1v) is 12.5. The molecule has 0 bridgehead atoms. The maximum absolute atomic E-state index is 12.6. The molecule has 0 saturated heterocycles. The lowest BCUT2D eigenvalue weighted by molar-refractivity contribution is -0.113. The second kappa shape index (κ2) is 10.5. The fraction of sp³-hybridized carbons (Fsp3) is 0.364. The number of carbonyl (C=O) groups is 2. The second-order valence-electron chi connectivity index (χ2n) is 7.40. The summed E-state index contributed by atoms with van der Waals surface area (Å²) >= 11 is 8.73. The van der Waals surface area contributed by atoms with Crippen LogP contribution >= 0.6 is 34.7 Å². The van der Waals surface area contributed by atoms with Gasteiger partial charge in [0.2, 0.25) is 11.8 Å². The number of thioether (sulfide) groups is 1. The Labute approximate surface area is 198 Å². The highest BCUT2D eigenvalue weighted by Gasteiger charge is 2.24. The number of amides is 1. The molecule has 1 aromatic carbocycles. The standard InChI is InChI=1S/C22H22ClN3O4S2/c1-29-21(28)18-15(14-9-5-6-10-16(14)23)11-31-20(18)24-17(27)12-32-22-26-25-19(30-22)13-7-3-2-4-8-13/h5-6,9-11,13H,2-4,7-8,12H2,1H3,(H,24,27). The van der Waals surface area contributed by atoms with E-state index in [0.29, 0.717) is 38.2 Å². The van der Waals surface area contributed by atoms with Crippen LogP contribution in [0, 0.1) is 0 Å². The minimum Gasteiger partial charge on any atom is -0.465 e. The summed E-state index contributed by atoms with van der Waals surface area (Å²) in [5.74, 6) is 0.217. The number of anilines is 1. The molecule has 4 rings (SSSR count). The Morgan fingerprint density at radius 2 is 2.00 bits per heavy atom. The minimum atomic E-state index is -0.543. The van der Waals surface area contributed by atoms with Gasteiger partial charge in [-0.3, -0.25) is 4.79 Å². The SMILES string of the molecule is COC(=O)c1c(-c2ccccc2Cl)csc1NC(=O)CSc1nnc(C2CCCCC2)o1. The monoisotopic (exact) mass is 491 g/mol. The molecule has 1 aliphatic rings.